The van der Waals surface area contributed by atoms with Gasteiger partial charge in [-0.15, -0.1) is 0 Å². The zero-order valence-corrected chi connectivity index (χ0v) is 26.2. The van der Waals surface area contributed by atoms with E-state index in [0.29, 0.717) is 38.8 Å². The van der Waals surface area contributed by atoms with Gasteiger partial charge >= 0.3 is 59.1 Å². The third-order valence-corrected chi connectivity index (χ3v) is 5.91. The molecular formula is C22H32N2Na2O6S2. The second kappa shape index (κ2) is 19.0. The molecule has 34 heavy (non-hydrogen) atoms. The van der Waals surface area contributed by atoms with E-state index in [0.717, 1.165) is 11.4 Å². The van der Waals surface area contributed by atoms with Crippen molar-refractivity contribution in [2.45, 2.75) is 39.5 Å². The second-order valence-electron chi connectivity index (χ2n) is 7.53. The fourth-order valence-electron chi connectivity index (χ4n) is 2.78. The maximum absolute atomic E-state index is 10.3. The molecule has 0 saturated carbocycles. The molecule has 0 aliphatic carbocycles. The van der Waals surface area contributed by atoms with Crippen molar-refractivity contribution in [3.63, 3.8) is 0 Å². The van der Waals surface area contributed by atoms with E-state index in [1.54, 1.807) is 0 Å². The van der Waals surface area contributed by atoms with Gasteiger partial charge in [0.2, 0.25) is 0 Å². The number of nitrogens with one attached hydrogen (secondary N) is 2. The molecule has 12 heteroatoms. The molecule has 180 valence electrons. The quantitative estimate of drug-likeness (QED) is 0.174. The van der Waals surface area contributed by atoms with E-state index >= 15 is 0 Å². The molecule has 2 aromatic rings. The van der Waals surface area contributed by atoms with Gasteiger partial charge in [0.1, 0.15) is 0 Å². The van der Waals surface area contributed by atoms with Crippen molar-refractivity contribution in [3.05, 3.63) is 59.7 Å². The van der Waals surface area contributed by atoms with E-state index < -0.39 is 20.2 Å². The van der Waals surface area contributed by atoms with Gasteiger partial charge in [0.05, 0.1) is 20.2 Å². The molecule has 0 aromatic heterocycles. The van der Waals surface area contributed by atoms with Crippen molar-refractivity contribution in [2.75, 3.05) is 35.2 Å². The van der Waals surface area contributed by atoms with Gasteiger partial charge in [-0.1, -0.05) is 24.3 Å². The average molecular weight is 531 g/mol. The van der Waals surface area contributed by atoms with Crippen molar-refractivity contribution in [2.24, 2.45) is 0 Å². The van der Waals surface area contributed by atoms with Gasteiger partial charge in [-0.2, -0.15) is 0 Å². The minimum atomic E-state index is -4.05. The van der Waals surface area contributed by atoms with Crippen LogP contribution in [-0.2, 0) is 20.2 Å². The Morgan fingerprint density at radius 3 is 1.29 bits per heavy atom. The van der Waals surface area contributed by atoms with Crippen LogP contribution in [0.1, 0.15) is 36.8 Å². The van der Waals surface area contributed by atoms with Crippen LogP contribution in [0.25, 0.3) is 0 Å². The molecule has 2 rings (SSSR count). The molecule has 0 heterocycles. The largest absolute Gasteiger partial charge is 1.00 e. The molecule has 0 aliphatic heterocycles. The molecule has 0 aliphatic rings. The Morgan fingerprint density at radius 1 is 0.647 bits per heavy atom. The van der Waals surface area contributed by atoms with Crippen molar-refractivity contribution in [1.29, 1.82) is 0 Å². The summed E-state index contributed by atoms with van der Waals surface area (Å²) in [5.41, 5.74) is 4.38. The van der Waals surface area contributed by atoms with Crippen LogP contribution < -0.4 is 69.7 Å². The van der Waals surface area contributed by atoms with Crippen LogP contribution in [0.15, 0.2) is 48.5 Å². The SMILES string of the molecule is Cc1cccc(NCCCCS(=O)(=O)[O-])c1.Cc1cccc(NCCCCS(=O)(=O)[O-])c1.[Na+].[Na+]. The number of hydrogen-bond acceptors (Lipinski definition) is 8. The molecule has 2 aromatic carbocycles. The van der Waals surface area contributed by atoms with Crippen LogP contribution in [0.3, 0.4) is 0 Å². The van der Waals surface area contributed by atoms with Gasteiger partial charge in [-0.3, -0.25) is 0 Å². The fraction of sp³-hybridized carbons (Fsp3) is 0.455. The molecule has 2 N–H and O–H groups in total. The fourth-order valence-corrected chi connectivity index (χ4v) is 3.90. The summed E-state index contributed by atoms with van der Waals surface area (Å²) in [6.45, 7) is 5.38. The Hall–Kier alpha value is -0.140. The minimum absolute atomic E-state index is 0. The summed E-state index contributed by atoms with van der Waals surface area (Å²) < 4.78 is 62.0. The first-order chi connectivity index (χ1) is 14.9. The first kappa shape index (κ1) is 36.0. The number of aryl methyl sites for hydroxylation is 2. The van der Waals surface area contributed by atoms with E-state index in [1.807, 2.05) is 62.4 Å². The summed E-state index contributed by atoms with van der Waals surface area (Å²) in [6.07, 6.45) is 2.17. The Bertz CT molecular complexity index is 952. The van der Waals surface area contributed by atoms with Gasteiger partial charge in [-0.25, -0.2) is 16.8 Å². The Labute approximate surface area is 248 Å². The summed E-state index contributed by atoms with van der Waals surface area (Å²) in [5, 5.41) is 6.35. The molecular weight excluding hydrogens is 498 g/mol. The standard InChI is InChI=1S/2C11H17NO3S.2Na/c2*1-10-5-4-6-11(9-10)12-7-2-3-8-16(13,14)15;;/h2*4-6,9,12H,2-3,7-8H2,1H3,(H,13,14,15);;/q;;2*+1/p-2. The predicted octanol–water partition coefficient (Wildman–Crippen LogP) is -2.53. The molecule has 0 saturated heterocycles. The average Bonchev–Trinajstić information content (AvgIpc) is 2.66. The first-order valence-corrected chi connectivity index (χ1v) is 13.6. The van der Waals surface area contributed by atoms with Gasteiger partial charge in [0.15, 0.2) is 0 Å². The van der Waals surface area contributed by atoms with Crippen molar-refractivity contribution in [1.82, 2.24) is 0 Å². The van der Waals surface area contributed by atoms with Crippen LogP contribution in [0, 0.1) is 13.8 Å². The molecule has 0 spiro atoms. The first-order valence-electron chi connectivity index (χ1n) is 10.4. The van der Waals surface area contributed by atoms with E-state index in [-0.39, 0.29) is 70.6 Å². The van der Waals surface area contributed by atoms with E-state index in [1.165, 1.54) is 11.1 Å². The monoisotopic (exact) mass is 530 g/mol. The minimum Gasteiger partial charge on any atom is -0.748 e. The van der Waals surface area contributed by atoms with Crippen LogP contribution in [0.5, 0.6) is 0 Å². The predicted molar refractivity (Wildman–Crippen MR) is 127 cm³/mol. The Morgan fingerprint density at radius 2 is 1.00 bits per heavy atom. The summed E-state index contributed by atoms with van der Waals surface area (Å²) in [4.78, 5) is 0. The topological polar surface area (TPSA) is 138 Å². The second-order valence-corrected chi connectivity index (χ2v) is 10.6. The van der Waals surface area contributed by atoms with Crippen LogP contribution >= 0.6 is 0 Å². The van der Waals surface area contributed by atoms with Gasteiger partial charge in [0.25, 0.3) is 0 Å². The number of anilines is 2. The number of hydrogen-bond donors (Lipinski definition) is 2. The zero-order valence-electron chi connectivity index (χ0n) is 20.5. The van der Waals surface area contributed by atoms with Gasteiger partial charge in [0, 0.05) is 36.0 Å². The molecule has 0 atom stereocenters. The molecule has 8 nitrogen and oxygen atoms in total. The number of rotatable bonds is 12. The smallest absolute Gasteiger partial charge is 0.748 e. The summed E-state index contributed by atoms with van der Waals surface area (Å²) in [6, 6.07) is 15.9. The maximum Gasteiger partial charge on any atom is 1.00 e. The van der Waals surface area contributed by atoms with Gasteiger partial charge in [-0.05, 0) is 74.9 Å². The zero-order chi connectivity index (χ0) is 24.0. The maximum atomic E-state index is 10.3. The molecule has 0 bridgehead atoms. The normalized spacial score (nSPS) is 10.7. The van der Waals surface area contributed by atoms with Crippen molar-refractivity contribution < 1.29 is 85.1 Å². The summed E-state index contributed by atoms with van der Waals surface area (Å²) in [7, 11) is -8.11. The molecule has 0 amide bonds. The number of unbranched alkanes of at least 4 members (excludes halogenated alkanes) is 2. The third kappa shape index (κ3) is 21.2. The van der Waals surface area contributed by atoms with Crippen LogP contribution in [0.4, 0.5) is 11.4 Å². The molecule has 0 fully saturated rings. The Balaban J connectivity index is 0. The third-order valence-electron chi connectivity index (χ3n) is 4.34. The number of benzene rings is 2. The van der Waals surface area contributed by atoms with Crippen molar-refractivity contribution >= 4 is 31.6 Å². The molecule has 0 unspecified atom stereocenters. The molecule has 0 radical (unpaired) electrons. The van der Waals surface area contributed by atoms with Gasteiger partial charge < -0.3 is 19.7 Å². The van der Waals surface area contributed by atoms with Crippen LogP contribution in [0.2, 0.25) is 0 Å². The van der Waals surface area contributed by atoms with E-state index in [9.17, 15) is 25.9 Å². The van der Waals surface area contributed by atoms with Crippen molar-refractivity contribution in [3.8, 4) is 0 Å². The summed E-state index contributed by atoms with van der Waals surface area (Å²) >= 11 is 0. The van der Waals surface area contributed by atoms with E-state index in [2.05, 4.69) is 10.6 Å². The summed E-state index contributed by atoms with van der Waals surface area (Å²) in [5.74, 6) is -0.551. The van der Waals surface area contributed by atoms with Crippen LogP contribution in [-0.4, -0.2) is 50.5 Å². The Kier molecular flexibility index (Phi) is 20.2. The van der Waals surface area contributed by atoms with E-state index in [4.69, 9.17) is 0 Å².